The van der Waals surface area contributed by atoms with E-state index in [-0.39, 0.29) is 5.82 Å². The maximum atomic E-state index is 13.4. The van der Waals surface area contributed by atoms with Gasteiger partial charge >= 0.3 is 0 Å². The first-order chi connectivity index (χ1) is 14.6. The monoisotopic (exact) mass is 412 g/mol. The Kier molecular flexibility index (Phi) is 5.10. The molecule has 2 aliphatic rings. The predicted molar refractivity (Wildman–Crippen MR) is 109 cm³/mol. The molecule has 3 aromatic rings. The lowest BCUT2D eigenvalue weighted by molar-refractivity contribution is -0.610. The molecule has 0 N–H and O–H groups in total. The second kappa shape index (κ2) is 7.91. The summed E-state index contributed by atoms with van der Waals surface area (Å²) in [5, 5.41) is 5.14. The number of aryl methyl sites for hydroxylation is 2. The van der Waals surface area contributed by atoms with Gasteiger partial charge in [0, 0.05) is 30.3 Å². The van der Waals surface area contributed by atoms with Crippen molar-refractivity contribution in [1.29, 1.82) is 0 Å². The number of nitrogens with zero attached hydrogens (tertiary/aromatic N) is 5. The van der Waals surface area contributed by atoms with Crippen LogP contribution in [0.15, 0.2) is 22.7 Å². The van der Waals surface area contributed by atoms with Crippen molar-refractivity contribution in [3.8, 4) is 0 Å². The van der Waals surface area contributed by atoms with Gasteiger partial charge in [0.1, 0.15) is 11.5 Å². The molecule has 158 valence electrons. The standard InChI is InChI=1S/C22H27FN5O2/c1-15-19(28(29)27-10-3-2-4-21(27)24-15)9-13-26-11-7-16(8-12-26)22-18-6-5-17(23)14-20(18)30-25-22/h5-6,14,16H,2-4,7-13H2,1H3/q+1. The van der Waals surface area contributed by atoms with Gasteiger partial charge in [-0.3, -0.25) is 0 Å². The number of piperidine rings is 1. The first kappa shape index (κ1) is 19.4. The molecular formula is C22H27FN5O2+. The molecule has 0 bridgehead atoms. The molecule has 0 radical (unpaired) electrons. The van der Waals surface area contributed by atoms with Crippen LogP contribution in [0, 0.1) is 17.6 Å². The van der Waals surface area contributed by atoms with E-state index in [9.17, 15) is 9.30 Å². The zero-order valence-corrected chi connectivity index (χ0v) is 17.3. The van der Waals surface area contributed by atoms with Gasteiger partial charge in [0.05, 0.1) is 23.6 Å². The second-order valence-electron chi connectivity index (χ2n) is 8.49. The number of benzene rings is 1. The third kappa shape index (κ3) is 3.53. The number of halogens is 1. The molecule has 1 saturated heterocycles. The molecule has 0 atom stereocenters. The number of hydrogen-bond acceptors (Lipinski definition) is 5. The van der Waals surface area contributed by atoms with Crippen LogP contribution in [0.3, 0.4) is 0 Å². The Morgan fingerprint density at radius 1 is 1.23 bits per heavy atom. The summed E-state index contributed by atoms with van der Waals surface area (Å²) < 4.78 is 21.6. The van der Waals surface area contributed by atoms with E-state index in [1.807, 2.05) is 6.92 Å². The van der Waals surface area contributed by atoms with Crippen molar-refractivity contribution in [1.82, 2.24) is 19.7 Å². The summed E-state index contributed by atoms with van der Waals surface area (Å²) in [7, 11) is 0. The highest BCUT2D eigenvalue weighted by molar-refractivity contribution is 5.79. The third-order valence-electron chi connectivity index (χ3n) is 6.58. The molecule has 0 saturated carbocycles. The van der Waals surface area contributed by atoms with Crippen LogP contribution in [0.1, 0.15) is 54.5 Å². The lowest BCUT2D eigenvalue weighted by Crippen LogP contribution is -2.42. The largest absolute Gasteiger partial charge is 0.356 e. The van der Waals surface area contributed by atoms with Crippen LogP contribution < -0.4 is 4.54 Å². The van der Waals surface area contributed by atoms with E-state index in [1.165, 1.54) is 12.1 Å². The van der Waals surface area contributed by atoms with Crippen molar-refractivity contribution in [3.05, 3.63) is 51.8 Å². The summed E-state index contributed by atoms with van der Waals surface area (Å²) in [5.41, 5.74) is 3.09. The van der Waals surface area contributed by atoms with Crippen molar-refractivity contribution < 1.29 is 13.5 Å². The van der Waals surface area contributed by atoms with Gasteiger partial charge in [-0.25, -0.2) is 9.37 Å². The first-order valence-corrected chi connectivity index (χ1v) is 10.9. The van der Waals surface area contributed by atoms with Gasteiger partial charge in [-0.15, -0.1) is 0 Å². The van der Waals surface area contributed by atoms with Crippen molar-refractivity contribution in [2.75, 3.05) is 19.6 Å². The minimum atomic E-state index is -0.305. The Morgan fingerprint density at radius 3 is 2.90 bits per heavy atom. The molecule has 30 heavy (non-hydrogen) atoms. The highest BCUT2D eigenvalue weighted by Crippen LogP contribution is 2.32. The molecule has 7 nitrogen and oxygen atoms in total. The molecular weight excluding hydrogens is 385 g/mol. The van der Waals surface area contributed by atoms with Crippen molar-refractivity contribution in [3.63, 3.8) is 0 Å². The Balaban J connectivity index is 1.23. The Bertz CT molecular complexity index is 1130. The molecule has 5 rings (SSSR count). The van der Waals surface area contributed by atoms with E-state index in [0.717, 1.165) is 91.1 Å². The summed E-state index contributed by atoms with van der Waals surface area (Å²) in [5.74, 6) is 0.930. The van der Waals surface area contributed by atoms with E-state index in [0.29, 0.717) is 17.9 Å². The number of likely N-dealkylation sites (tertiary alicyclic amines) is 1. The van der Waals surface area contributed by atoms with E-state index in [4.69, 9.17) is 9.51 Å². The smallest absolute Gasteiger partial charge is 0.291 e. The average Bonchev–Trinajstić information content (AvgIpc) is 3.17. The fraction of sp³-hybridized carbons (Fsp3) is 0.545. The first-order valence-electron chi connectivity index (χ1n) is 10.9. The molecule has 0 unspecified atom stereocenters. The normalized spacial score (nSPS) is 18.1. The Labute approximate surface area is 174 Å². The minimum absolute atomic E-state index is 0.305. The molecule has 4 heterocycles. The topological polar surface area (TPSA) is 70.1 Å². The summed E-state index contributed by atoms with van der Waals surface area (Å²) in [6, 6.07) is 4.62. The Hall–Kier alpha value is -2.61. The summed E-state index contributed by atoms with van der Waals surface area (Å²) in [6.45, 7) is 5.46. The van der Waals surface area contributed by atoms with E-state index >= 15 is 0 Å². The van der Waals surface area contributed by atoms with Crippen LogP contribution in [-0.2, 0) is 19.4 Å². The highest BCUT2D eigenvalue weighted by Gasteiger charge is 2.28. The maximum absolute atomic E-state index is 13.4. The van der Waals surface area contributed by atoms with E-state index < -0.39 is 0 Å². The molecule has 1 aromatic carbocycles. The molecule has 2 aliphatic heterocycles. The van der Waals surface area contributed by atoms with Gasteiger partial charge in [-0.2, -0.15) is 0 Å². The van der Waals surface area contributed by atoms with Gasteiger partial charge in [0.15, 0.2) is 15.9 Å². The SMILES string of the molecule is Cc1nc2n([n+](=O)c1CCN1CCC(c3noc4cc(F)ccc34)CC1)CCCC2. The van der Waals surface area contributed by atoms with Gasteiger partial charge in [0.25, 0.3) is 5.69 Å². The summed E-state index contributed by atoms with van der Waals surface area (Å²) in [6.07, 6.45) is 5.70. The number of fused-ring (bicyclic) bond motifs is 2. The number of hydrogen-bond donors (Lipinski definition) is 0. The van der Waals surface area contributed by atoms with Crippen LogP contribution in [0.5, 0.6) is 0 Å². The fourth-order valence-corrected chi connectivity index (χ4v) is 4.85. The third-order valence-corrected chi connectivity index (χ3v) is 6.58. The average molecular weight is 412 g/mol. The molecule has 0 aliphatic carbocycles. The van der Waals surface area contributed by atoms with Crippen molar-refractivity contribution in [2.45, 2.75) is 57.9 Å². The van der Waals surface area contributed by atoms with E-state index in [2.05, 4.69) is 10.1 Å². The zero-order chi connectivity index (χ0) is 20.7. The maximum Gasteiger partial charge on any atom is 0.291 e. The fourth-order valence-electron chi connectivity index (χ4n) is 4.85. The molecule has 0 spiro atoms. The molecule has 2 aromatic heterocycles. The minimum Gasteiger partial charge on any atom is -0.356 e. The second-order valence-corrected chi connectivity index (χ2v) is 8.49. The Morgan fingerprint density at radius 2 is 2.07 bits per heavy atom. The molecule has 8 heteroatoms. The zero-order valence-electron chi connectivity index (χ0n) is 17.3. The van der Waals surface area contributed by atoms with Crippen molar-refractivity contribution in [2.24, 2.45) is 0 Å². The van der Waals surface area contributed by atoms with Crippen LogP contribution >= 0.6 is 0 Å². The number of rotatable bonds is 4. The van der Waals surface area contributed by atoms with Crippen molar-refractivity contribution >= 4 is 11.0 Å². The van der Waals surface area contributed by atoms with Gasteiger partial charge in [-0.1, -0.05) is 9.84 Å². The van der Waals surface area contributed by atoms with Crippen LogP contribution in [0.2, 0.25) is 0 Å². The summed E-state index contributed by atoms with van der Waals surface area (Å²) in [4.78, 5) is 19.9. The van der Waals surface area contributed by atoms with Gasteiger partial charge in [-0.05, 0) is 57.8 Å². The lowest BCUT2D eigenvalue weighted by Gasteiger charge is -2.30. The van der Waals surface area contributed by atoms with E-state index in [1.54, 1.807) is 10.7 Å². The summed E-state index contributed by atoms with van der Waals surface area (Å²) >= 11 is 0. The van der Waals surface area contributed by atoms with Crippen LogP contribution in [0.4, 0.5) is 4.39 Å². The lowest BCUT2D eigenvalue weighted by atomic mass is 9.91. The van der Waals surface area contributed by atoms with Gasteiger partial charge < -0.3 is 9.42 Å². The van der Waals surface area contributed by atoms with Crippen LogP contribution in [-0.4, -0.2) is 39.4 Å². The number of aromatic nitrogens is 4. The highest BCUT2D eigenvalue weighted by atomic mass is 19.1. The van der Waals surface area contributed by atoms with Crippen LogP contribution in [0.25, 0.3) is 11.0 Å². The molecule has 0 amide bonds. The van der Waals surface area contributed by atoms with Gasteiger partial charge in [0.2, 0.25) is 0 Å². The molecule has 1 fully saturated rings. The predicted octanol–water partition coefficient (Wildman–Crippen LogP) is 3.14. The quantitative estimate of drug-likeness (QED) is 0.616.